The Hall–Kier alpha value is -4.42. The maximum atomic E-state index is 13.3. The monoisotopic (exact) mass is 543 g/mol. The van der Waals surface area contributed by atoms with E-state index in [0.29, 0.717) is 29.1 Å². The van der Waals surface area contributed by atoms with Crippen LogP contribution in [0.4, 0.5) is 5.69 Å². The summed E-state index contributed by atoms with van der Waals surface area (Å²) in [5.41, 5.74) is 3.35. The molecule has 0 aliphatic heterocycles. The van der Waals surface area contributed by atoms with Gasteiger partial charge in [-0.1, -0.05) is 48.0 Å². The lowest BCUT2D eigenvalue weighted by Crippen LogP contribution is -2.28. The summed E-state index contributed by atoms with van der Waals surface area (Å²) >= 11 is 0. The van der Waals surface area contributed by atoms with Crippen LogP contribution in [0, 0.1) is 6.92 Å². The first-order valence-corrected chi connectivity index (χ1v) is 13.7. The van der Waals surface area contributed by atoms with Crippen molar-refractivity contribution >= 4 is 15.7 Å². The van der Waals surface area contributed by atoms with E-state index in [4.69, 9.17) is 10.1 Å². The topological polar surface area (TPSA) is 115 Å². The molecule has 0 aliphatic rings. The Balaban J connectivity index is 1.57. The molecule has 11 nitrogen and oxygen atoms in total. The number of hydrogen-bond acceptors (Lipinski definition) is 8. The van der Waals surface area contributed by atoms with Crippen molar-refractivity contribution in [3.8, 4) is 28.9 Å². The number of rotatable bonds is 8. The van der Waals surface area contributed by atoms with Gasteiger partial charge in [-0.2, -0.15) is 8.99 Å². The van der Waals surface area contributed by atoms with E-state index in [1.807, 2.05) is 75.4 Å². The highest BCUT2D eigenvalue weighted by molar-refractivity contribution is 7.89. The number of nitrogens with zero attached hydrogens (tertiary/aromatic N) is 9. The zero-order chi connectivity index (χ0) is 27.7. The quantitative estimate of drug-likeness (QED) is 0.293. The molecular weight excluding hydrogens is 514 g/mol. The van der Waals surface area contributed by atoms with Gasteiger partial charge in [-0.05, 0) is 31.2 Å². The fraction of sp³-hybridized carbons (Fsp3) is 0.222. The number of sulfonamides is 1. The fourth-order valence-electron chi connectivity index (χ4n) is 4.02. The van der Waals surface area contributed by atoms with Crippen LogP contribution < -0.4 is 4.90 Å². The summed E-state index contributed by atoms with van der Waals surface area (Å²) < 4.78 is 31.3. The average molecular weight is 544 g/mol. The number of anilines is 1. The van der Waals surface area contributed by atoms with E-state index < -0.39 is 10.0 Å². The van der Waals surface area contributed by atoms with Crippen LogP contribution in [0.25, 0.3) is 28.9 Å². The number of aryl methyl sites for hydroxylation is 1. The van der Waals surface area contributed by atoms with Gasteiger partial charge in [-0.25, -0.2) is 13.4 Å². The van der Waals surface area contributed by atoms with Crippen molar-refractivity contribution in [2.45, 2.75) is 18.4 Å². The number of hydrogen-bond donors (Lipinski definition) is 0. The van der Waals surface area contributed by atoms with Crippen molar-refractivity contribution in [1.29, 1.82) is 0 Å². The van der Waals surface area contributed by atoms with E-state index in [1.165, 1.54) is 16.0 Å². The molecule has 0 N–H and O–H groups in total. The Morgan fingerprint density at radius 2 is 1.62 bits per heavy atom. The van der Waals surface area contributed by atoms with E-state index >= 15 is 0 Å². The highest BCUT2D eigenvalue weighted by Gasteiger charge is 2.26. The Morgan fingerprint density at radius 3 is 2.26 bits per heavy atom. The normalized spacial score (nSPS) is 11.7. The minimum atomic E-state index is -3.78. The van der Waals surface area contributed by atoms with Gasteiger partial charge in [-0.3, -0.25) is 9.55 Å². The molecule has 0 saturated heterocycles. The molecule has 0 aliphatic carbocycles. The van der Waals surface area contributed by atoms with Gasteiger partial charge in [0.1, 0.15) is 5.69 Å². The first-order valence-electron chi connectivity index (χ1n) is 12.2. The maximum absolute atomic E-state index is 13.3. The third-order valence-electron chi connectivity index (χ3n) is 6.33. The Bertz CT molecular complexity index is 1690. The standard InChI is InChI=1S/C27H29N9O2S/c1-19-11-14-22(15-12-19)39(37,38)34(4)18-24-29-25(23-16-13-21(17-28-23)33(2)3)32-36(24)27-31-30-26(35(27)5)20-9-7-6-8-10-20/h6-17H,18H2,1-5H3. The zero-order valence-electron chi connectivity index (χ0n) is 22.4. The summed E-state index contributed by atoms with van der Waals surface area (Å²) in [5, 5.41) is 13.5. The molecule has 12 heteroatoms. The van der Waals surface area contributed by atoms with Gasteiger partial charge >= 0.3 is 0 Å². The van der Waals surface area contributed by atoms with Gasteiger partial charge in [0.2, 0.25) is 15.8 Å². The molecule has 3 heterocycles. The lowest BCUT2D eigenvalue weighted by atomic mass is 10.2. The molecule has 5 rings (SSSR count). The summed E-state index contributed by atoms with van der Waals surface area (Å²) in [7, 11) is 3.44. The summed E-state index contributed by atoms with van der Waals surface area (Å²) in [4.78, 5) is 11.4. The molecule has 0 spiro atoms. The van der Waals surface area contributed by atoms with Crippen LogP contribution in [0.15, 0.2) is 77.8 Å². The summed E-state index contributed by atoms with van der Waals surface area (Å²) in [6.07, 6.45) is 1.74. The average Bonchev–Trinajstić information content (AvgIpc) is 3.52. The van der Waals surface area contributed by atoms with Gasteiger partial charge in [0.05, 0.1) is 23.3 Å². The Labute approximate surface area is 227 Å². The van der Waals surface area contributed by atoms with Crippen LogP contribution >= 0.6 is 0 Å². The second kappa shape index (κ2) is 10.4. The van der Waals surface area contributed by atoms with Crippen molar-refractivity contribution in [2.75, 3.05) is 26.0 Å². The van der Waals surface area contributed by atoms with Gasteiger partial charge in [0.25, 0.3) is 5.95 Å². The molecule has 2 aromatic carbocycles. The lowest BCUT2D eigenvalue weighted by Gasteiger charge is -2.17. The van der Waals surface area contributed by atoms with Gasteiger partial charge in [0.15, 0.2) is 11.6 Å². The van der Waals surface area contributed by atoms with Gasteiger partial charge < -0.3 is 4.90 Å². The molecule has 0 radical (unpaired) electrons. The molecule has 0 fully saturated rings. The van der Waals surface area contributed by atoms with Crippen molar-refractivity contribution in [2.24, 2.45) is 7.05 Å². The van der Waals surface area contributed by atoms with Crippen LogP contribution in [-0.2, 0) is 23.6 Å². The van der Waals surface area contributed by atoms with Crippen LogP contribution in [0.2, 0.25) is 0 Å². The molecule has 0 atom stereocenters. The van der Waals surface area contributed by atoms with Gasteiger partial charge in [0, 0.05) is 33.8 Å². The minimum absolute atomic E-state index is 0.0491. The summed E-state index contributed by atoms with van der Waals surface area (Å²) in [6, 6.07) is 20.2. The van der Waals surface area contributed by atoms with Crippen LogP contribution in [0.5, 0.6) is 0 Å². The molecule has 0 bridgehead atoms. The highest BCUT2D eigenvalue weighted by atomic mass is 32.2. The van der Waals surface area contributed by atoms with Crippen molar-refractivity contribution < 1.29 is 8.42 Å². The molecule has 0 amide bonds. The fourth-order valence-corrected chi connectivity index (χ4v) is 5.14. The third kappa shape index (κ3) is 5.16. The lowest BCUT2D eigenvalue weighted by molar-refractivity contribution is 0.450. The van der Waals surface area contributed by atoms with Crippen molar-refractivity contribution in [3.05, 3.63) is 84.3 Å². The van der Waals surface area contributed by atoms with Crippen molar-refractivity contribution in [1.82, 2.24) is 38.8 Å². The Morgan fingerprint density at radius 1 is 0.897 bits per heavy atom. The molecule has 0 unspecified atom stereocenters. The predicted molar refractivity (Wildman–Crippen MR) is 149 cm³/mol. The van der Waals surface area contributed by atoms with Gasteiger partial charge in [-0.15, -0.1) is 15.3 Å². The molecule has 0 saturated carbocycles. The van der Waals surface area contributed by atoms with E-state index in [1.54, 1.807) is 35.0 Å². The third-order valence-corrected chi connectivity index (χ3v) is 8.15. The highest BCUT2D eigenvalue weighted by Crippen LogP contribution is 2.24. The number of benzene rings is 2. The summed E-state index contributed by atoms with van der Waals surface area (Å²) in [6.45, 7) is 1.86. The van der Waals surface area contributed by atoms with E-state index in [9.17, 15) is 8.42 Å². The first kappa shape index (κ1) is 26.2. The molecular formula is C27H29N9O2S. The largest absolute Gasteiger partial charge is 0.376 e. The van der Waals surface area contributed by atoms with E-state index in [0.717, 1.165) is 16.8 Å². The van der Waals surface area contributed by atoms with Crippen LogP contribution in [-0.4, -0.2) is 68.4 Å². The zero-order valence-corrected chi connectivity index (χ0v) is 23.2. The maximum Gasteiger partial charge on any atom is 0.253 e. The number of pyridine rings is 1. The SMILES string of the molecule is Cc1ccc(S(=O)(=O)N(C)Cc2nc(-c3ccc(N(C)C)cn3)nn2-c2nnc(-c3ccccc3)n2C)cc1. The van der Waals surface area contributed by atoms with Crippen LogP contribution in [0.3, 0.4) is 0 Å². The second-order valence-electron chi connectivity index (χ2n) is 9.38. The smallest absolute Gasteiger partial charge is 0.253 e. The van der Waals surface area contributed by atoms with E-state index in [-0.39, 0.29) is 11.4 Å². The molecule has 3 aromatic heterocycles. The molecule has 39 heavy (non-hydrogen) atoms. The minimum Gasteiger partial charge on any atom is -0.376 e. The molecule has 5 aromatic rings. The summed E-state index contributed by atoms with van der Waals surface area (Å²) in [5.74, 6) is 1.76. The Kier molecular flexibility index (Phi) is 6.98. The predicted octanol–water partition coefficient (Wildman–Crippen LogP) is 3.32. The van der Waals surface area contributed by atoms with Crippen molar-refractivity contribution in [3.63, 3.8) is 0 Å². The number of aromatic nitrogens is 7. The van der Waals surface area contributed by atoms with Crippen LogP contribution in [0.1, 0.15) is 11.4 Å². The molecule has 200 valence electrons. The van der Waals surface area contributed by atoms with E-state index in [2.05, 4.69) is 15.2 Å². The second-order valence-corrected chi connectivity index (χ2v) is 11.4. The first-order chi connectivity index (χ1) is 18.6.